The van der Waals surface area contributed by atoms with E-state index in [9.17, 15) is 4.79 Å². The summed E-state index contributed by atoms with van der Waals surface area (Å²) in [5.74, 6) is 0.837. The molecule has 0 saturated carbocycles. The van der Waals surface area contributed by atoms with Crippen molar-refractivity contribution in [1.29, 1.82) is 0 Å². The summed E-state index contributed by atoms with van der Waals surface area (Å²) in [6.07, 6.45) is 3.23. The van der Waals surface area contributed by atoms with Crippen LogP contribution in [-0.4, -0.2) is 27.8 Å². The lowest BCUT2D eigenvalue weighted by Crippen LogP contribution is -2.23. The minimum absolute atomic E-state index is 0.113. The van der Waals surface area contributed by atoms with Crippen LogP contribution in [0.4, 0.5) is 0 Å². The number of pyridine rings is 1. The minimum atomic E-state index is -0.113. The zero-order valence-corrected chi connectivity index (χ0v) is 12.1. The third-order valence-electron chi connectivity index (χ3n) is 2.87. The van der Waals surface area contributed by atoms with Crippen molar-refractivity contribution in [3.8, 4) is 11.5 Å². The number of hydrogen-bond donors (Lipinski definition) is 2. The summed E-state index contributed by atoms with van der Waals surface area (Å²) < 4.78 is 5.53. The molecule has 0 atom stereocenters. The van der Waals surface area contributed by atoms with Crippen LogP contribution < -0.4 is 10.7 Å². The molecular formula is C14H20N4O2. The fraction of sp³-hybridized carbons (Fsp3) is 0.500. The lowest BCUT2D eigenvalue weighted by molar-refractivity contribution is 0.483. The Hall–Kier alpha value is -1.95. The van der Waals surface area contributed by atoms with E-state index in [2.05, 4.69) is 34.3 Å². The minimum Gasteiger partial charge on any atom is -0.420 e. The normalized spacial score (nSPS) is 11.2. The highest BCUT2D eigenvalue weighted by Gasteiger charge is 2.11. The summed E-state index contributed by atoms with van der Waals surface area (Å²) in [7, 11) is 0. The van der Waals surface area contributed by atoms with Gasteiger partial charge in [-0.15, -0.1) is 10.2 Å². The zero-order valence-electron chi connectivity index (χ0n) is 12.1. The molecule has 2 aromatic heterocycles. The predicted octanol–water partition coefficient (Wildman–Crippen LogP) is 1.66. The third kappa shape index (κ3) is 3.77. The Labute approximate surface area is 117 Å². The fourth-order valence-corrected chi connectivity index (χ4v) is 1.83. The number of aromatic amines is 1. The lowest BCUT2D eigenvalue weighted by atomic mass is 10.2. The standard InChI is InChI=1S/C14H20N4O2/c1-9(2)15-6-4-5-13-17-18-14(20-13)11-8-16-10(3)7-12(11)19/h7-9,15H,4-6H2,1-3H3,(H,16,19). The van der Waals surface area contributed by atoms with Gasteiger partial charge >= 0.3 is 0 Å². The highest BCUT2D eigenvalue weighted by molar-refractivity contribution is 5.50. The first-order valence-electron chi connectivity index (χ1n) is 6.81. The monoisotopic (exact) mass is 276 g/mol. The van der Waals surface area contributed by atoms with E-state index in [1.807, 2.05) is 6.92 Å². The molecule has 0 amide bonds. The van der Waals surface area contributed by atoms with Gasteiger partial charge in [0, 0.05) is 30.4 Å². The van der Waals surface area contributed by atoms with Crippen LogP contribution in [0.25, 0.3) is 11.5 Å². The molecule has 0 aliphatic rings. The molecule has 0 radical (unpaired) electrons. The van der Waals surface area contributed by atoms with Crippen molar-refractivity contribution >= 4 is 0 Å². The second-order valence-corrected chi connectivity index (χ2v) is 5.11. The number of H-pyrrole nitrogens is 1. The molecule has 6 heteroatoms. The number of nitrogens with one attached hydrogen (secondary N) is 2. The van der Waals surface area contributed by atoms with E-state index in [0.29, 0.717) is 23.9 Å². The maximum Gasteiger partial charge on any atom is 0.253 e. The predicted molar refractivity (Wildman–Crippen MR) is 76.6 cm³/mol. The Kier molecular flexibility index (Phi) is 4.68. The van der Waals surface area contributed by atoms with Gasteiger partial charge in [-0.3, -0.25) is 4.79 Å². The molecule has 0 saturated heterocycles. The number of nitrogens with zero attached hydrogens (tertiary/aromatic N) is 2. The van der Waals surface area contributed by atoms with E-state index in [4.69, 9.17) is 4.42 Å². The van der Waals surface area contributed by atoms with E-state index in [1.54, 1.807) is 6.20 Å². The first-order valence-corrected chi connectivity index (χ1v) is 6.81. The van der Waals surface area contributed by atoms with Crippen molar-refractivity contribution in [2.75, 3.05) is 6.54 Å². The van der Waals surface area contributed by atoms with Crippen molar-refractivity contribution in [3.05, 3.63) is 34.1 Å². The van der Waals surface area contributed by atoms with Crippen molar-refractivity contribution < 1.29 is 4.42 Å². The average molecular weight is 276 g/mol. The number of aromatic nitrogens is 3. The molecule has 2 aromatic rings. The molecule has 0 unspecified atom stereocenters. The van der Waals surface area contributed by atoms with E-state index in [-0.39, 0.29) is 11.3 Å². The molecular weight excluding hydrogens is 256 g/mol. The Bertz CT molecular complexity index is 616. The molecule has 108 valence electrons. The lowest BCUT2D eigenvalue weighted by Gasteiger charge is -2.05. The Morgan fingerprint density at radius 3 is 2.90 bits per heavy atom. The highest BCUT2D eigenvalue weighted by atomic mass is 16.4. The van der Waals surface area contributed by atoms with Gasteiger partial charge in [-0.1, -0.05) is 13.8 Å². The fourth-order valence-electron chi connectivity index (χ4n) is 1.83. The quantitative estimate of drug-likeness (QED) is 0.784. The van der Waals surface area contributed by atoms with Crippen molar-refractivity contribution in [3.63, 3.8) is 0 Å². The van der Waals surface area contributed by atoms with Crippen LogP contribution in [0.1, 0.15) is 31.9 Å². The van der Waals surface area contributed by atoms with Gasteiger partial charge in [0.15, 0.2) is 5.43 Å². The topological polar surface area (TPSA) is 83.8 Å². The Morgan fingerprint density at radius 1 is 1.40 bits per heavy atom. The number of rotatable bonds is 6. The van der Waals surface area contributed by atoms with Gasteiger partial charge in [0.2, 0.25) is 5.89 Å². The van der Waals surface area contributed by atoms with Gasteiger partial charge in [0.05, 0.1) is 0 Å². The van der Waals surface area contributed by atoms with E-state index < -0.39 is 0 Å². The molecule has 6 nitrogen and oxygen atoms in total. The third-order valence-corrected chi connectivity index (χ3v) is 2.87. The van der Waals surface area contributed by atoms with Crippen LogP contribution in [0.3, 0.4) is 0 Å². The van der Waals surface area contributed by atoms with E-state index >= 15 is 0 Å². The second-order valence-electron chi connectivity index (χ2n) is 5.11. The van der Waals surface area contributed by atoms with Crippen LogP contribution in [-0.2, 0) is 6.42 Å². The maximum atomic E-state index is 11.8. The first-order chi connectivity index (χ1) is 9.56. The summed E-state index contributed by atoms with van der Waals surface area (Å²) in [6, 6.07) is 1.99. The van der Waals surface area contributed by atoms with Gasteiger partial charge in [-0.05, 0) is 19.9 Å². The number of aryl methyl sites for hydroxylation is 2. The van der Waals surface area contributed by atoms with Crippen LogP contribution in [0, 0.1) is 6.92 Å². The summed E-state index contributed by atoms with van der Waals surface area (Å²) in [4.78, 5) is 14.8. The van der Waals surface area contributed by atoms with Crippen LogP contribution in [0.15, 0.2) is 21.5 Å². The van der Waals surface area contributed by atoms with Crippen LogP contribution in [0.2, 0.25) is 0 Å². The maximum absolute atomic E-state index is 11.8. The van der Waals surface area contributed by atoms with E-state index in [0.717, 1.165) is 18.7 Å². The van der Waals surface area contributed by atoms with Crippen molar-refractivity contribution in [2.24, 2.45) is 0 Å². The molecule has 0 aromatic carbocycles. The van der Waals surface area contributed by atoms with Gasteiger partial charge in [0.1, 0.15) is 5.56 Å². The van der Waals surface area contributed by atoms with Gasteiger partial charge in [-0.25, -0.2) is 0 Å². The second kappa shape index (κ2) is 6.47. The molecule has 2 N–H and O–H groups in total. The molecule has 2 heterocycles. The van der Waals surface area contributed by atoms with Crippen LogP contribution in [0.5, 0.6) is 0 Å². The molecule has 0 aliphatic carbocycles. The summed E-state index contributed by atoms with van der Waals surface area (Å²) in [5, 5.41) is 11.2. The smallest absolute Gasteiger partial charge is 0.253 e. The Morgan fingerprint density at radius 2 is 2.20 bits per heavy atom. The first kappa shape index (κ1) is 14.5. The molecule has 2 rings (SSSR count). The van der Waals surface area contributed by atoms with Crippen molar-refractivity contribution in [1.82, 2.24) is 20.5 Å². The molecule has 0 aliphatic heterocycles. The SMILES string of the molecule is Cc1cc(=O)c(-c2nnc(CCCNC(C)C)o2)c[nH]1. The van der Waals surface area contributed by atoms with Crippen molar-refractivity contribution in [2.45, 2.75) is 39.7 Å². The summed E-state index contributed by atoms with van der Waals surface area (Å²) in [5.41, 5.74) is 1.10. The largest absolute Gasteiger partial charge is 0.420 e. The van der Waals surface area contributed by atoms with Crippen LogP contribution >= 0.6 is 0 Å². The van der Waals surface area contributed by atoms with E-state index in [1.165, 1.54) is 6.07 Å². The summed E-state index contributed by atoms with van der Waals surface area (Å²) in [6.45, 7) is 6.94. The van der Waals surface area contributed by atoms with Gasteiger partial charge < -0.3 is 14.7 Å². The average Bonchev–Trinajstić information content (AvgIpc) is 2.83. The molecule has 0 spiro atoms. The molecule has 0 bridgehead atoms. The number of hydrogen-bond acceptors (Lipinski definition) is 5. The molecule has 0 fully saturated rings. The zero-order chi connectivity index (χ0) is 14.5. The van der Waals surface area contributed by atoms with Gasteiger partial charge in [-0.2, -0.15) is 0 Å². The molecule has 20 heavy (non-hydrogen) atoms. The highest BCUT2D eigenvalue weighted by Crippen LogP contribution is 2.13. The van der Waals surface area contributed by atoms with Gasteiger partial charge in [0.25, 0.3) is 5.89 Å². The summed E-state index contributed by atoms with van der Waals surface area (Å²) >= 11 is 0. The Balaban J connectivity index is 2.00.